The lowest BCUT2D eigenvalue weighted by molar-refractivity contribution is -0.124. The van der Waals surface area contributed by atoms with Gasteiger partial charge in [-0.05, 0) is 75.3 Å². The first-order valence-electron chi connectivity index (χ1n) is 12.5. The van der Waals surface area contributed by atoms with Gasteiger partial charge < -0.3 is 20.7 Å². The molecule has 0 spiro atoms. The molecule has 5 nitrogen and oxygen atoms in total. The summed E-state index contributed by atoms with van der Waals surface area (Å²) >= 11 is 0. The molecule has 2 atom stereocenters. The van der Waals surface area contributed by atoms with Gasteiger partial charge in [-0.3, -0.25) is 4.79 Å². The number of rotatable bonds is 11. The van der Waals surface area contributed by atoms with Crippen molar-refractivity contribution < 1.29 is 9.53 Å². The van der Waals surface area contributed by atoms with Crippen molar-refractivity contribution in [3.63, 3.8) is 0 Å². The van der Waals surface area contributed by atoms with Gasteiger partial charge >= 0.3 is 0 Å². The van der Waals surface area contributed by atoms with Gasteiger partial charge in [0, 0.05) is 18.3 Å². The third-order valence-electron chi connectivity index (χ3n) is 6.14. The van der Waals surface area contributed by atoms with Crippen LogP contribution in [0.1, 0.15) is 58.9 Å². The zero-order chi connectivity index (χ0) is 24.6. The second-order valence-electron chi connectivity index (χ2n) is 10.4. The van der Waals surface area contributed by atoms with E-state index in [-0.39, 0.29) is 5.91 Å². The van der Waals surface area contributed by atoms with Crippen molar-refractivity contribution in [1.29, 1.82) is 0 Å². The maximum absolute atomic E-state index is 12.7. The van der Waals surface area contributed by atoms with Crippen molar-refractivity contribution in [3.8, 4) is 5.75 Å². The molecule has 0 aromatic heterocycles. The number of nitrogens with zero attached hydrogens (tertiary/aromatic N) is 1. The molecule has 3 N–H and O–H groups in total. The summed E-state index contributed by atoms with van der Waals surface area (Å²) in [5.41, 5.74) is 7.98. The molecule has 0 fully saturated rings. The van der Waals surface area contributed by atoms with Crippen molar-refractivity contribution >= 4 is 11.6 Å². The minimum absolute atomic E-state index is 0.0810. The Hall–Kier alpha value is -2.79. The van der Waals surface area contributed by atoms with E-state index >= 15 is 0 Å². The molecule has 0 heterocycles. The lowest BCUT2D eigenvalue weighted by Crippen LogP contribution is -2.57. The van der Waals surface area contributed by atoms with Gasteiger partial charge in [0.25, 0.3) is 0 Å². The highest BCUT2D eigenvalue weighted by molar-refractivity contribution is 5.82. The quantitative estimate of drug-likeness (QED) is 0.435. The first-order valence-corrected chi connectivity index (χ1v) is 12.5. The van der Waals surface area contributed by atoms with Crippen molar-refractivity contribution in [2.45, 2.75) is 77.6 Å². The van der Waals surface area contributed by atoms with Crippen LogP contribution in [-0.2, 0) is 11.4 Å². The van der Waals surface area contributed by atoms with Gasteiger partial charge in [0.05, 0.1) is 11.6 Å². The van der Waals surface area contributed by atoms with Crippen LogP contribution in [0.2, 0.25) is 0 Å². The fraction of sp³-hybridized carbons (Fsp3) is 0.483. The molecule has 0 bridgehead atoms. The van der Waals surface area contributed by atoms with Gasteiger partial charge in [-0.1, -0.05) is 56.3 Å². The summed E-state index contributed by atoms with van der Waals surface area (Å²) in [4.78, 5) is 15.1. The summed E-state index contributed by atoms with van der Waals surface area (Å²) in [5, 5.41) is 3.20. The van der Waals surface area contributed by atoms with Crippen molar-refractivity contribution in [3.05, 3.63) is 72.3 Å². The van der Waals surface area contributed by atoms with Crippen LogP contribution < -0.4 is 20.7 Å². The second-order valence-corrected chi connectivity index (χ2v) is 10.4. The molecule has 2 aromatic carbocycles. The topological polar surface area (TPSA) is 67.6 Å². The van der Waals surface area contributed by atoms with Gasteiger partial charge in [0.15, 0.2) is 0 Å². The molecule has 2 aromatic rings. The zero-order valence-corrected chi connectivity index (χ0v) is 21.2. The average Bonchev–Trinajstić information content (AvgIpc) is 2.82. The maximum Gasteiger partial charge on any atom is 0.237 e. The fourth-order valence-electron chi connectivity index (χ4n) is 4.44. The lowest BCUT2D eigenvalue weighted by atomic mass is 9.96. The average molecular weight is 464 g/mol. The number of carbonyl (C=O) groups is 1. The van der Waals surface area contributed by atoms with E-state index < -0.39 is 11.6 Å². The number of hydrogen-bond acceptors (Lipinski definition) is 4. The molecule has 34 heavy (non-hydrogen) atoms. The number of benzene rings is 2. The second kappa shape index (κ2) is 12.1. The number of anilines is 1. The van der Waals surface area contributed by atoms with Gasteiger partial charge in [-0.2, -0.15) is 0 Å². The Morgan fingerprint density at radius 3 is 2.47 bits per heavy atom. The van der Waals surface area contributed by atoms with Crippen LogP contribution in [0.3, 0.4) is 0 Å². The van der Waals surface area contributed by atoms with Crippen LogP contribution in [-0.4, -0.2) is 30.1 Å². The van der Waals surface area contributed by atoms with Crippen molar-refractivity contribution in [2.75, 3.05) is 11.4 Å². The molecule has 1 aliphatic rings. The molecule has 0 radical (unpaired) electrons. The van der Waals surface area contributed by atoms with Crippen LogP contribution in [0, 0.1) is 5.92 Å². The maximum atomic E-state index is 12.7. The summed E-state index contributed by atoms with van der Waals surface area (Å²) < 4.78 is 5.98. The number of amides is 1. The van der Waals surface area contributed by atoms with E-state index in [1.54, 1.807) is 0 Å². The standard InChI is InChI=1S/C29H41N3O2/c1-22(2)19-27(30)28(33)31-29(3,4)21-32(24-13-9-6-10-14-24)25-15-17-26(18-16-25)34-20-23-11-7-5-8-12-23/h5,7-9,11-13,15-18,22,24,27H,6,10,14,19-21,30H2,1-4H3,(H,31,33). The molecule has 2 unspecified atom stereocenters. The van der Waals surface area contributed by atoms with Crippen LogP contribution >= 0.6 is 0 Å². The lowest BCUT2D eigenvalue weighted by Gasteiger charge is -2.40. The highest BCUT2D eigenvalue weighted by Gasteiger charge is 2.29. The number of allylic oxidation sites excluding steroid dienone is 1. The Morgan fingerprint density at radius 1 is 1.15 bits per heavy atom. The van der Waals surface area contributed by atoms with Gasteiger partial charge in [0.2, 0.25) is 5.91 Å². The Bertz CT molecular complexity index is 922. The van der Waals surface area contributed by atoms with E-state index in [9.17, 15) is 4.79 Å². The summed E-state index contributed by atoms with van der Waals surface area (Å²) in [6, 6.07) is 18.3. The molecule has 3 rings (SSSR count). The number of hydrogen-bond donors (Lipinski definition) is 2. The zero-order valence-electron chi connectivity index (χ0n) is 21.2. The third-order valence-corrected chi connectivity index (χ3v) is 6.14. The number of ether oxygens (including phenoxy) is 1. The van der Waals surface area contributed by atoms with E-state index in [1.807, 2.05) is 30.3 Å². The van der Waals surface area contributed by atoms with Crippen molar-refractivity contribution in [2.24, 2.45) is 11.7 Å². The third kappa shape index (κ3) is 7.91. The number of nitrogens with one attached hydrogen (secondary N) is 1. The highest BCUT2D eigenvalue weighted by Crippen LogP contribution is 2.28. The van der Waals surface area contributed by atoms with Crippen LogP contribution in [0.15, 0.2) is 66.7 Å². The molecule has 0 aliphatic heterocycles. The first-order chi connectivity index (χ1) is 16.2. The van der Waals surface area contributed by atoms with Crippen molar-refractivity contribution in [1.82, 2.24) is 5.32 Å². The molecular formula is C29H41N3O2. The monoisotopic (exact) mass is 463 g/mol. The van der Waals surface area contributed by atoms with Gasteiger partial charge in [-0.25, -0.2) is 0 Å². The van der Waals surface area contributed by atoms with Crippen LogP contribution in [0.25, 0.3) is 0 Å². The molecule has 0 saturated heterocycles. The SMILES string of the molecule is CC(C)CC(N)C(=O)NC(C)(C)CN(c1ccc(OCc2ccccc2)cc1)C1C=CCCC1. The minimum atomic E-state index is -0.483. The number of nitrogens with two attached hydrogens (primary N) is 1. The Balaban J connectivity index is 1.71. The molecule has 184 valence electrons. The van der Waals surface area contributed by atoms with Crippen LogP contribution in [0.5, 0.6) is 5.75 Å². The van der Waals surface area contributed by atoms with E-state index in [0.29, 0.717) is 31.5 Å². The smallest absolute Gasteiger partial charge is 0.237 e. The molecule has 1 aliphatic carbocycles. The largest absolute Gasteiger partial charge is 0.489 e. The summed E-state index contributed by atoms with van der Waals surface area (Å²) in [5.74, 6) is 1.15. The Labute approximate surface area is 205 Å². The normalized spacial score (nSPS) is 16.8. The predicted octanol–water partition coefficient (Wildman–Crippen LogP) is 5.45. The molecule has 5 heteroatoms. The fourth-order valence-corrected chi connectivity index (χ4v) is 4.44. The summed E-state index contributed by atoms with van der Waals surface area (Å²) in [7, 11) is 0. The summed E-state index contributed by atoms with van der Waals surface area (Å²) in [6.07, 6.45) is 8.64. The molecule has 0 saturated carbocycles. The van der Waals surface area contributed by atoms with Gasteiger partial charge in [-0.15, -0.1) is 0 Å². The first kappa shape index (κ1) is 25.8. The predicted molar refractivity (Wildman–Crippen MR) is 141 cm³/mol. The van der Waals surface area contributed by atoms with E-state index in [4.69, 9.17) is 10.5 Å². The number of carbonyl (C=O) groups excluding carboxylic acids is 1. The Morgan fingerprint density at radius 2 is 1.85 bits per heavy atom. The van der Waals surface area contributed by atoms with Gasteiger partial charge in [0.1, 0.15) is 12.4 Å². The minimum Gasteiger partial charge on any atom is -0.489 e. The van der Waals surface area contributed by atoms with E-state index in [0.717, 1.165) is 29.8 Å². The van der Waals surface area contributed by atoms with Crippen LogP contribution in [0.4, 0.5) is 5.69 Å². The van der Waals surface area contributed by atoms with E-state index in [2.05, 4.69) is 74.3 Å². The highest BCUT2D eigenvalue weighted by atomic mass is 16.5. The summed E-state index contributed by atoms with van der Waals surface area (Å²) in [6.45, 7) is 9.55. The van der Waals surface area contributed by atoms with E-state index in [1.165, 1.54) is 6.42 Å². The molecular weight excluding hydrogens is 422 g/mol. The Kier molecular flexibility index (Phi) is 9.17. The molecule has 1 amide bonds.